The van der Waals surface area contributed by atoms with Crippen LogP contribution in [0.25, 0.3) is 0 Å². The SMILES string of the molecule is CC(Cc1ccccc1)NC(=O)C(C)c1cccc(N)c1. The summed E-state index contributed by atoms with van der Waals surface area (Å²) in [6.45, 7) is 3.93. The van der Waals surface area contributed by atoms with Crippen LogP contribution in [0.1, 0.15) is 30.9 Å². The monoisotopic (exact) mass is 282 g/mol. The normalized spacial score (nSPS) is 13.4. The van der Waals surface area contributed by atoms with Crippen LogP contribution in [0.4, 0.5) is 5.69 Å². The summed E-state index contributed by atoms with van der Waals surface area (Å²) >= 11 is 0. The zero-order valence-electron chi connectivity index (χ0n) is 12.5. The Bertz CT molecular complexity index is 595. The van der Waals surface area contributed by atoms with Crippen LogP contribution in [0.15, 0.2) is 54.6 Å². The molecule has 1 amide bonds. The van der Waals surface area contributed by atoms with Crippen LogP contribution >= 0.6 is 0 Å². The van der Waals surface area contributed by atoms with Gasteiger partial charge in [-0.1, -0.05) is 42.5 Å². The maximum Gasteiger partial charge on any atom is 0.227 e. The minimum absolute atomic E-state index is 0.0315. The van der Waals surface area contributed by atoms with Crippen molar-refractivity contribution in [1.29, 1.82) is 0 Å². The van der Waals surface area contributed by atoms with Crippen molar-refractivity contribution in [3.63, 3.8) is 0 Å². The first-order chi connectivity index (χ1) is 10.1. The molecule has 2 atom stereocenters. The number of benzene rings is 2. The Hall–Kier alpha value is -2.29. The second-order valence-corrected chi connectivity index (χ2v) is 5.49. The minimum atomic E-state index is -0.202. The third-order valence-corrected chi connectivity index (χ3v) is 3.58. The van der Waals surface area contributed by atoms with E-state index in [1.807, 2.05) is 56.3 Å². The number of carbonyl (C=O) groups excluding carboxylic acids is 1. The average Bonchev–Trinajstić information content (AvgIpc) is 2.47. The summed E-state index contributed by atoms with van der Waals surface area (Å²) in [7, 11) is 0. The van der Waals surface area contributed by atoms with Gasteiger partial charge in [-0.25, -0.2) is 0 Å². The second kappa shape index (κ2) is 6.93. The van der Waals surface area contributed by atoms with E-state index in [-0.39, 0.29) is 17.9 Å². The van der Waals surface area contributed by atoms with Gasteiger partial charge in [0.25, 0.3) is 0 Å². The predicted molar refractivity (Wildman–Crippen MR) is 87.0 cm³/mol. The standard InChI is InChI=1S/C18H22N2O/c1-13(11-15-7-4-3-5-8-15)20-18(21)14(2)16-9-6-10-17(19)12-16/h3-10,12-14H,11,19H2,1-2H3,(H,20,21). The number of rotatable bonds is 5. The van der Waals surface area contributed by atoms with E-state index in [9.17, 15) is 4.79 Å². The minimum Gasteiger partial charge on any atom is -0.399 e. The molecule has 0 heterocycles. The largest absolute Gasteiger partial charge is 0.399 e. The van der Waals surface area contributed by atoms with Crippen molar-refractivity contribution in [1.82, 2.24) is 5.32 Å². The van der Waals surface area contributed by atoms with Gasteiger partial charge in [-0.3, -0.25) is 4.79 Å². The molecule has 2 unspecified atom stereocenters. The summed E-state index contributed by atoms with van der Waals surface area (Å²) < 4.78 is 0. The van der Waals surface area contributed by atoms with Gasteiger partial charge in [0.15, 0.2) is 0 Å². The molecule has 3 nitrogen and oxygen atoms in total. The van der Waals surface area contributed by atoms with Crippen LogP contribution < -0.4 is 11.1 Å². The lowest BCUT2D eigenvalue weighted by Gasteiger charge is -2.18. The summed E-state index contributed by atoms with van der Waals surface area (Å²) in [5.74, 6) is -0.171. The molecule has 2 rings (SSSR count). The van der Waals surface area contributed by atoms with Crippen molar-refractivity contribution >= 4 is 11.6 Å². The van der Waals surface area contributed by atoms with Crippen molar-refractivity contribution in [2.75, 3.05) is 5.73 Å². The van der Waals surface area contributed by atoms with Crippen LogP contribution in [-0.4, -0.2) is 11.9 Å². The highest BCUT2D eigenvalue weighted by molar-refractivity contribution is 5.83. The van der Waals surface area contributed by atoms with Gasteiger partial charge < -0.3 is 11.1 Å². The fraction of sp³-hybridized carbons (Fsp3) is 0.278. The Morgan fingerprint density at radius 3 is 2.48 bits per heavy atom. The molecule has 0 aliphatic rings. The molecule has 0 radical (unpaired) electrons. The molecule has 0 saturated carbocycles. The third-order valence-electron chi connectivity index (χ3n) is 3.58. The van der Waals surface area contributed by atoms with Gasteiger partial charge in [-0.15, -0.1) is 0 Å². The predicted octanol–water partition coefficient (Wildman–Crippen LogP) is 3.12. The maximum absolute atomic E-state index is 12.3. The number of carbonyl (C=O) groups is 1. The van der Waals surface area contributed by atoms with Crippen LogP contribution in [0.3, 0.4) is 0 Å². The molecule has 2 aromatic rings. The average molecular weight is 282 g/mol. The molecule has 21 heavy (non-hydrogen) atoms. The van der Waals surface area contributed by atoms with Crippen molar-refractivity contribution in [3.8, 4) is 0 Å². The highest BCUT2D eigenvalue weighted by Gasteiger charge is 2.17. The Kier molecular flexibility index (Phi) is 4.99. The van der Waals surface area contributed by atoms with Crippen LogP contribution in [0, 0.1) is 0 Å². The van der Waals surface area contributed by atoms with Crippen LogP contribution in [-0.2, 0) is 11.2 Å². The topological polar surface area (TPSA) is 55.1 Å². The van der Waals surface area contributed by atoms with E-state index in [4.69, 9.17) is 5.73 Å². The fourth-order valence-electron chi connectivity index (χ4n) is 2.37. The van der Waals surface area contributed by atoms with Gasteiger partial charge >= 0.3 is 0 Å². The molecular weight excluding hydrogens is 260 g/mol. The first-order valence-corrected chi connectivity index (χ1v) is 7.26. The van der Waals surface area contributed by atoms with Crippen molar-refractivity contribution in [2.45, 2.75) is 32.2 Å². The molecule has 3 heteroatoms. The third kappa shape index (κ3) is 4.35. The van der Waals surface area contributed by atoms with Gasteiger partial charge in [0.1, 0.15) is 0 Å². The fourth-order valence-corrected chi connectivity index (χ4v) is 2.37. The number of nitrogen functional groups attached to an aromatic ring is 1. The number of anilines is 1. The smallest absolute Gasteiger partial charge is 0.227 e. The Morgan fingerprint density at radius 1 is 1.10 bits per heavy atom. The van der Waals surface area contributed by atoms with E-state index < -0.39 is 0 Å². The van der Waals surface area contributed by atoms with E-state index in [2.05, 4.69) is 17.4 Å². The molecule has 0 aliphatic heterocycles. The maximum atomic E-state index is 12.3. The number of nitrogens with two attached hydrogens (primary N) is 1. The number of hydrogen-bond acceptors (Lipinski definition) is 2. The lowest BCUT2D eigenvalue weighted by atomic mass is 9.99. The van der Waals surface area contributed by atoms with Gasteiger partial charge in [-0.05, 0) is 43.5 Å². The van der Waals surface area contributed by atoms with E-state index in [1.54, 1.807) is 0 Å². The molecule has 0 spiro atoms. The molecule has 2 aromatic carbocycles. The lowest BCUT2D eigenvalue weighted by molar-refractivity contribution is -0.122. The first kappa shape index (κ1) is 15.1. The van der Waals surface area contributed by atoms with Gasteiger partial charge in [0, 0.05) is 11.7 Å². The highest BCUT2D eigenvalue weighted by atomic mass is 16.1. The number of amides is 1. The molecule has 110 valence electrons. The summed E-state index contributed by atoms with van der Waals surface area (Å²) in [5.41, 5.74) is 8.62. The first-order valence-electron chi connectivity index (χ1n) is 7.26. The Morgan fingerprint density at radius 2 is 1.81 bits per heavy atom. The number of hydrogen-bond donors (Lipinski definition) is 2. The van der Waals surface area contributed by atoms with Gasteiger partial charge in [-0.2, -0.15) is 0 Å². The molecule has 0 bridgehead atoms. The summed E-state index contributed by atoms with van der Waals surface area (Å²) in [6, 6.07) is 17.8. The zero-order valence-corrected chi connectivity index (χ0v) is 12.5. The number of nitrogens with one attached hydrogen (secondary N) is 1. The quantitative estimate of drug-likeness (QED) is 0.828. The molecule has 0 aliphatic carbocycles. The van der Waals surface area contributed by atoms with Crippen molar-refractivity contribution in [3.05, 3.63) is 65.7 Å². The van der Waals surface area contributed by atoms with Crippen molar-refractivity contribution in [2.24, 2.45) is 0 Å². The van der Waals surface area contributed by atoms with Gasteiger partial charge in [0.2, 0.25) is 5.91 Å². The Balaban J connectivity index is 1.94. The molecule has 0 aromatic heterocycles. The van der Waals surface area contributed by atoms with E-state index >= 15 is 0 Å². The zero-order chi connectivity index (χ0) is 15.2. The van der Waals surface area contributed by atoms with Gasteiger partial charge in [0.05, 0.1) is 5.92 Å². The van der Waals surface area contributed by atoms with Crippen LogP contribution in [0.5, 0.6) is 0 Å². The van der Waals surface area contributed by atoms with E-state index in [0.717, 1.165) is 12.0 Å². The van der Waals surface area contributed by atoms with Crippen LogP contribution in [0.2, 0.25) is 0 Å². The van der Waals surface area contributed by atoms with E-state index in [0.29, 0.717) is 5.69 Å². The summed E-state index contributed by atoms with van der Waals surface area (Å²) in [5, 5.41) is 3.07. The lowest BCUT2D eigenvalue weighted by Crippen LogP contribution is -2.36. The highest BCUT2D eigenvalue weighted by Crippen LogP contribution is 2.18. The molecule has 3 N–H and O–H groups in total. The summed E-state index contributed by atoms with van der Waals surface area (Å²) in [6.07, 6.45) is 0.830. The van der Waals surface area contributed by atoms with E-state index in [1.165, 1.54) is 5.56 Å². The van der Waals surface area contributed by atoms with Crippen molar-refractivity contribution < 1.29 is 4.79 Å². The molecule has 0 saturated heterocycles. The second-order valence-electron chi connectivity index (χ2n) is 5.49. The molecular formula is C18H22N2O. The summed E-state index contributed by atoms with van der Waals surface area (Å²) in [4.78, 5) is 12.3. The Labute approximate surface area is 126 Å². The molecule has 0 fully saturated rings.